The molecule has 1 fully saturated rings. The molecule has 0 spiro atoms. The maximum Gasteiger partial charge on any atom is 0.0850 e. The van der Waals surface area contributed by atoms with Gasteiger partial charge in [0, 0.05) is 13.5 Å². The van der Waals surface area contributed by atoms with E-state index in [0.717, 1.165) is 54.4 Å². The largest absolute Gasteiger partial charge is 0.389 e. The van der Waals surface area contributed by atoms with Crippen molar-refractivity contribution in [3.05, 3.63) is 16.4 Å². The number of rotatable bonds is 3. The van der Waals surface area contributed by atoms with Gasteiger partial charge in [0.1, 0.15) is 0 Å². The topological polar surface area (TPSA) is 38.0 Å². The van der Waals surface area contributed by atoms with Crippen molar-refractivity contribution in [1.29, 1.82) is 0 Å². The summed E-state index contributed by atoms with van der Waals surface area (Å²) in [5.74, 6) is 0.724. The Kier molecular flexibility index (Phi) is 4.57. The fourth-order valence-corrected chi connectivity index (χ4v) is 3.42. The van der Waals surface area contributed by atoms with Gasteiger partial charge >= 0.3 is 0 Å². The summed E-state index contributed by atoms with van der Waals surface area (Å²) in [5.41, 5.74) is 1.31. The monoisotopic (exact) mass is 284 g/mol. The highest BCUT2D eigenvalue weighted by Crippen LogP contribution is 2.34. The molecule has 0 radical (unpaired) electrons. The van der Waals surface area contributed by atoms with Crippen molar-refractivity contribution in [3.63, 3.8) is 0 Å². The number of nitrogens with zero attached hydrogens (tertiary/aromatic N) is 2. The van der Waals surface area contributed by atoms with Crippen molar-refractivity contribution in [2.75, 3.05) is 0 Å². The predicted molar refractivity (Wildman–Crippen MR) is 78.5 cm³/mol. The minimum absolute atomic E-state index is 0.604. The maximum absolute atomic E-state index is 10.9. The van der Waals surface area contributed by atoms with Crippen LogP contribution in [0.4, 0.5) is 0 Å². The van der Waals surface area contributed by atoms with Crippen LogP contribution in [0.3, 0.4) is 0 Å². The molecule has 1 aromatic rings. The van der Waals surface area contributed by atoms with Crippen LogP contribution in [0, 0.1) is 5.92 Å². The summed E-state index contributed by atoms with van der Waals surface area (Å²) in [6.45, 7) is 4.33. The Hall–Kier alpha value is -0.540. The first-order chi connectivity index (χ1) is 8.95. The van der Waals surface area contributed by atoms with E-state index in [2.05, 4.69) is 18.9 Å². The van der Waals surface area contributed by atoms with Crippen LogP contribution < -0.4 is 0 Å². The lowest BCUT2D eigenvalue weighted by Crippen LogP contribution is -2.31. The highest BCUT2D eigenvalue weighted by atomic mass is 35.5. The lowest BCUT2D eigenvalue weighted by molar-refractivity contribution is 0.0227. The predicted octanol–water partition coefficient (Wildman–Crippen LogP) is 3.51. The van der Waals surface area contributed by atoms with Gasteiger partial charge in [0.05, 0.1) is 22.0 Å². The summed E-state index contributed by atoms with van der Waals surface area (Å²) >= 11 is 6.39. The number of aromatic nitrogens is 2. The molecule has 0 aliphatic heterocycles. The molecule has 3 nitrogen and oxygen atoms in total. The molecular formula is C15H25ClN2O. The van der Waals surface area contributed by atoms with Crippen molar-refractivity contribution in [3.8, 4) is 0 Å². The van der Waals surface area contributed by atoms with Gasteiger partial charge in [-0.1, -0.05) is 38.3 Å². The summed E-state index contributed by atoms with van der Waals surface area (Å²) < 4.78 is 1.84. The molecular weight excluding hydrogens is 260 g/mol. The van der Waals surface area contributed by atoms with Crippen LogP contribution in [-0.2, 0) is 19.9 Å². The third-order valence-corrected chi connectivity index (χ3v) is 4.88. The van der Waals surface area contributed by atoms with Crippen LogP contribution in [0.5, 0.6) is 0 Å². The number of aliphatic hydroxyl groups is 1. The highest BCUT2D eigenvalue weighted by Gasteiger charge is 2.32. The van der Waals surface area contributed by atoms with Crippen molar-refractivity contribution in [2.45, 2.75) is 64.4 Å². The van der Waals surface area contributed by atoms with Crippen molar-refractivity contribution < 1.29 is 5.11 Å². The second-order valence-corrected chi connectivity index (χ2v) is 6.50. The van der Waals surface area contributed by atoms with E-state index in [0.29, 0.717) is 6.42 Å². The fourth-order valence-electron chi connectivity index (χ4n) is 3.06. The van der Waals surface area contributed by atoms with Gasteiger partial charge in [-0.3, -0.25) is 4.68 Å². The molecule has 2 rings (SSSR count). The summed E-state index contributed by atoms with van der Waals surface area (Å²) in [6.07, 6.45) is 6.64. The van der Waals surface area contributed by atoms with E-state index in [1.54, 1.807) is 0 Å². The minimum atomic E-state index is -0.604. The summed E-state index contributed by atoms with van der Waals surface area (Å²) in [7, 11) is 1.92. The highest BCUT2D eigenvalue weighted by molar-refractivity contribution is 6.31. The maximum atomic E-state index is 10.9. The first-order valence-corrected chi connectivity index (χ1v) is 7.75. The van der Waals surface area contributed by atoms with E-state index in [-0.39, 0.29) is 0 Å². The van der Waals surface area contributed by atoms with E-state index in [1.807, 2.05) is 11.7 Å². The number of aryl methyl sites for hydroxylation is 2. The van der Waals surface area contributed by atoms with Gasteiger partial charge in [-0.05, 0) is 31.6 Å². The molecule has 1 aliphatic rings. The van der Waals surface area contributed by atoms with Gasteiger partial charge in [0.15, 0.2) is 0 Å². The molecule has 1 aliphatic carbocycles. The van der Waals surface area contributed by atoms with Gasteiger partial charge in [0.2, 0.25) is 0 Å². The second-order valence-electron chi connectivity index (χ2n) is 6.12. The minimum Gasteiger partial charge on any atom is -0.389 e. The van der Waals surface area contributed by atoms with Gasteiger partial charge in [-0.15, -0.1) is 0 Å². The normalized spacial score (nSPS) is 28.4. The smallest absolute Gasteiger partial charge is 0.0850 e. The first kappa shape index (κ1) is 14.9. The average Bonchev–Trinajstić information content (AvgIpc) is 2.53. The lowest BCUT2D eigenvalue weighted by Gasteiger charge is -2.26. The Morgan fingerprint density at radius 2 is 2.16 bits per heavy atom. The SMILES string of the molecule is CCc1nn(C)c(CC2(O)CCCC(C)CC2)c1Cl. The zero-order valence-electron chi connectivity index (χ0n) is 12.2. The Morgan fingerprint density at radius 1 is 1.42 bits per heavy atom. The quantitative estimate of drug-likeness (QED) is 0.863. The molecule has 4 heteroatoms. The van der Waals surface area contributed by atoms with Crippen molar-refractivity contribution in [1.82, 2.24) is 9.78 Å². The Morgan fingerprint density at radius 3 is 2.79 bits per heavy atom. The summed E-state index contributed by atoms with van der Waals surface area (Å²) in [5, 5.41) is 16.0. The standard InChI is InChI=1S/C15H25ClN2O/c1-4-12-14(16)13(18(3)17-12)10-15(19)8-5-6-11(2)7-9-15/h11,19H,4-10H2,1-3H3. The molecule has 1 N–H and O–H groups in total. The van der Waals surface area contributed by atoms with Crippen LogP contribution >= 0.6 is 11.6 Å². The van der Waals surface area contributed by atoms with E-state index in [1.165, 1.54) is 6.42 Å². The first-order valence-electron chi connectivity index (χ1n) is 7.38. The zero-order valence-corrected chi connectivity index (χ0v) is 13.0. The number of halogens is 1. The second kappa shape index (κ2) is 5.84. The van der Waals surface area contributed by atoms with Crippen LogP contribution in [0.1, 0.15) is 57.3 Å². The molecule has 1 saturated carbocycles. The third-order valence-electron chi connectivity index (χ3n) is 4.44. The van der Waals surface area contributed by atoms with Gasteiger partial charge < -0.3 is 5.11 Å². The van der Waals surface area contributed by atoms with E-state index < -0.39 is 5.60 Å². The molecule has 0 bridgehead atoms. The molecule has 2 unspecified atom stereocenters. The molecule has 0 aromatic carbocycles. The van der Waals surface area contributed by atoms with Crippen LogP contribution in [-0.4, -0.2) is 20.5 Å². The van der Waals surface area contributed by atoms with E-state index >= 15 is 0 Å². The molecule has 1 heterocycles. The molecule has 1 aromatic heterocycles. The molecule has 0 saturated heterocycles. The zero-order chi connectivity index (χ0) is 14.0. The van der Waals surface area contributed by atoms with Crippen molar-refractivity contribution >= 4 is 11.6 Å². The van der Waals surface area contributed by atoms with Crippen LogP contribution in [0.2, 0.25) is 5.02 Å². The van der Waals surface area contributed by atoms with Gasteiger partial charge in [-0.25, -0.2) is 0 Å². The number of hydrogen-bond acceptors (Lipinski definition) is 2. The van der Waals surface area contributed by atoms with Crippen molar-refractivity contribution in [2.24, 2.45) is 13.0 Å². The Labute approximate surface area is 121 Å². The van der Waals surface area contributed by atoms with Crippen LogP contribution in [0.15, 0.2) is 0 Å². The Balaban J connectivity index is 2.17. The van der Waals surface area contributed by atoms with E-state index in [9.17, 15) is 5.11 Å². The lowest BCUT2D eigenvalue weighted by atomic mass is 9.89. The summed E-state index contributed by atoms with van der Waals surface area (Å²) in [4.78, 5) is 0. The van der Waals surface area contributed by atoms with Gasteiger partial charge in [-0.2, -0.15) is 5.10 Å². The molecule has 108 valence electrons. The molecule has 2 atom stereocenters. The average molecular weight is 285 g/mol. The molecule has 19 heavy (non-hydrogen) atoms. The molecule has 0 amide bonds. The van der Waals surface area contributed by atoms with Crippen LogP contribution in [0.25, 0.3) is 0 Å². The van der Waals surface area contributed by atoms with E-state index in [4.69, 9.17) is 11.6 Å². The Bertz CT molecular complexity index is 444. The number of hydrogen-bond donors (Lipinski definition) is 1. The fraction of sp³-hybridized carbons (Fsp3) is 0.800. The third kappa shape index (κ3) is 3.32. The van der Waals surface area contributed by atoms with Gasteiger partial charge in [0.25, 0.3) is 0 Å². The summed E-state index contributed by atoms with van der Waals surface area (Å²) in [6, 6.07) is 0.